The summed E-state index contributed by atoms with van der Waals surface area (Å²) >= 11 is 0. The number of aliphatic hydroxyl groups excluding tert-OH is 2. The lowest BCUT2D eigenvalue weighted by atomic mass is 10.1. The van der Waals surface area contributed by atoms with Crippen molar-refractivity contribution in [3.05, 3.63) is 61.1 Å². The van der Waals surface area contributed by atoms with Crippen LogP contribution in [0.4, 0.5) is 17.2 Å². The zero-order valence-corrected chi connectivity index (χ0v) is 19.3. The summed E-state index contributed by atoms with van der Waals surface area (Å²) in [5.74, 6) is 0.566. The Morgan fingerprint density at radius 2 is 1.82 bits per heavy atom. The molecule has 8 nitrogen and oxygen atoms in total. The van der Waals surface area contributed by atoms with Gasteiger partial charge in [0.25, 0.3) is 0 Å². The third-order valence-electron chi connectivity index (χ3n) is 5.76. The second-order valence-electron chi connectivity index (χ2n) is 8.44. The SMILES string of the molecule is CC(C)n1cnc2c(N(C)c3ccc(-c4ccccn4)cc3)cc(N[C@H](CO)[C@@H](C)O)nc21. The van der Waals surface area contributed by atoms with Crippen LogP contribution in [0.3, 0.4) is 0 Å². The Morgan fingerprint density at radius 3 is 2.42 bits per heavy atom. The maximum absolute atomic E-state index is 9.98. The average Bonchev–Trinajstić information content (AvgIpc) is 3.26. The highest BCUT2D eigenvalue weighted by Gasteiger charge is 2.20. The van der Waals surface area contributed by atoms with Crippen molar-refractivity contribution in [1.29, 1.82) is 0 Å². The Kier molecular flexibility index (Phi) is 6.57. The lowest BCUT2D eigenvalue weighted by Gasteiger charge is -2.24. The number of anilines is 3. The molecule has 0 spiro atoms. The summed E-state index contributed by atoms with van der Waals surface area (Å²) in [4.78, 5) is 15.9. The van der Waals surface area contributed by atoms with Gasteiger partial charge in [-0.25, -0.2) is 9.97 Å². The molecule has 4 rings (SSSR count). The summed E-state index contributed by atoms with van der Waals surface area (Å²) in [5.41, 5.74) is 5.35. The number of rotatable bonds is 8. The van der Waals surface area contributed by atoms with E-state index >= 15 is 0 Å². The van der Waals surface area contributed by atoms with Crippen molar-refractivity contribution in [1.82, 2.24) is 19.5 Å². The molecular weight excluding hydrogens is 416 g/mol. The van der Waals surface area contributed by atoms with Crippen molar-refractivity contribution in [2.75, 3.05) is 23.9 Å². The molecule has 3 aromatic heterocycles. The molecule has 0 amide bonds. The van der Waals surface area contributed by atoms with Gasteiger partial charge in [0.2, 0.25) is 0 Å². The number of nitrogens with zero attached hydrogens (tertiary/aromatic N) is 5. The average molecular weight is 447 g/mol. The predicted octanol–water partition coefficient (Wildman–Crippen LogP) is 4.00. The molecule has 0 aliphatic rings. The van der Waals surface area contributed by atoms with E-state index in [1.54, 1.807) is 19.4 Å². The van der Waals surface area contributed by atoms with Crippen LogP contribution >= 0.6 is 0 Å². The second-order valence-corrected chi connectivity index (χ2v) is 8.44. The molecular formula is C25H30N6O2. The summed E-state index contributed by atoms with van der Waals surface area (Å²) in [6, 6.07) is 15.6. The fourth-order valence-corrected chi connectivity index (χ4v) is 3.73. The molecule has 3 N–H and O–H groups in total. The van der Waals surface area contributed by atoms with Crippen molar-refractivity contribution in [2.45, 2.75) is 39.0 Å². The van der Waals surface area contributed by atoms with Crippen molar-refractivity contribution in [3.63, 3.8) is 0 Å². The molecule has 0 unspecified atom stereocenters. The number of aliphatic hydroxyl groups is 2. The van der Waals surface area contributed by atoms with Crippen LogP contribution in [0.1, 0.15) is 26.8 Å². The van der Waals surface area contributed by atoms with Crippen molar-refractivity contribution >= 4 is 28.4 Å². The number of fused-ring (bicyclic) bond motifs is 1. The van der Waals surface area contributed by atoms with Crippen LogP contribution in [0.2, 0.25) is 0 Å². The molecule has 3 heterocycles. The van der Waals surface area contributed by atoms with Gasteiger partial charge in [0.15, 0.2) is 5.65 Å². The molecule has 2 atom stereocenters. The lowest BCUT2D eigenvalue weighted by Crippen LogP contribution is -2.35. The van der Waals surface area contributed by atoms with E-state index in [2.05, 4.69) is 46.2 Å². The molecule has 172 valence electrons. The maximum atomic E-state index is 9.98. The molecule has 0 saturated heterocycles. The zero-order valence-electron chi connectivity index (χ0n) is 19.3. The van der Waals surface area contributed by atoms with E-state index in [1.165, 1.54) is 0 Å². The molecule has 8 heteroatoms. The van der Waals surface area contributed by atoms with Crippen LogP contribution < -0.4 is 10.2 Å². The number of pyridine rings is 2. The lowest BCUT2D eigenvalue weighted by molar-refractivity contribution is 0.132. The third-order valence-corrected chi connectivity index (χ3v) is 5.76. The van der Waals surface area contributed by atoms with Crippen molar-refractivity contribution < 1.29 is 10.2 Å². The largest absolute Gasteiger partial charge is 0.394 e. The molecule has 0 aliphatic carbocycles. The summed E-state index contributed by atoms with van der Waals surface area (Å²) in [6.45, 7) is 5.59. The normalized spacial score (nSPS) is 13.3. The van der Waals surface area contributed by atoms with Gasteiger partial charge in [0.1, 0.15) is 11.3 Å². The first-order chi connectivity index (χ1) is 15.9. The Balaban J connectivity index is 1.75. The molecule has 0 fully saturated rings. The summed E-state index contributed by atoms with van der Waals surface area (Å²) in [5, 5.41) is 22.8. The van der Waals surface area contributed by atoms with Gasteiger partial charge in [0.05, 0.1) is 36.5 Å². The van der Waals surface area contributed by atoms with Crippen LogP contribution in [0.25, 0.3) is 22.4 Å². The van der Waals surface area contributed by atoms with E-state index in [1.807, 2.05) is 48.0 Å². The van der Waals surface area contributed by atoms with E-state index in [9.17, 15) is 10.2 Å². The van der Waals surface area contributed by atoms with E-state index in [-0.39, 0.29) is 12.6 Å². The van der Waals surface area contributed by atoms with Crippen LogP contribution in [-0.2, 0) is 0 Å². The Bertz CT molecular complexity index is 1210. The van der Waals surface area contributed by atoms with E-state index < -0.39 is 12.1 Å². The van der Waals surface area contributed by atoms with Crippen molar-refractivity contribution in [2.24, 2.45) is 0 Å². The van der Waals surface area contributed by atoms with Gasteiger partial charge in [-0.05, 0) is 45.0 Å². The first kappa shape index (κ1) is 22.7. The number of hydrogen-bond acceptors (Lipinski definition) is 7. The monoisotopic (exact) mass is 446 g/mol. The zero-order chi connectivity index (χ0) is 23.5. The van der Waals surface area contributed by atoms with E-state index in [0.717, 1.165) is 33.8 Å². The molecule has 0 saturated carbocycles. The van der Waals surface area contributed by atoms with Crippen LogP contribution in [-0.4, -0.2) is 55.5 Å². The first-order valence-electron chi connectivity index (χ1n) is 11.1. The topological polar surface area (TPSA) is 99.3 Å². The molecule has 0 aliphatic heterocycles. The Morgan fingerprint density at radius 1 is 1.06 bits per heavy atom. The van der Waals surface area contributed by atoms with Gasteiger partial charge in [-0.2, -0.15) is 0 Å². The third kappa shape index (κ3) is 4.67. The minimum Gasteiger partial charge on any atom is -0.394 e. The highest BCUT2D eigenvalue weighted by molar-refractivity contribution is 5.91. The number of aromatic nitrogens is 4. The van der Waals surface area contributed by atoms with Gasteiger partial charge in [-0.3, -0.25) is 4.98 Å². The van der Waals surface area contributed by atoms with Crippen LogP contribution in [0.15, 0.2) is 61.1 Å². The smallest absolute Gasteiger partial charge is 0.164 e. The number of benzene rings is 1. The molecule has 0 radical (unpaired) electrons. The maximum Gasteiger partial charge on any atom is 0.164 e. The molecule has 1 aromatic carbocycles. The second kappa shape index (κ2) is 9.56. The van der Waals surface area contributed by atoms with Crippen molar-refractivity contribution in [3.8, 4) is 11.3 Å². The fourth-order valence-electron chi connectivity index (χ4n) is 3.73. The number of nitrogens with one attached hydrogen (secondary N) is 1. The first-order valence-corrected chi connectivity index (χ1v) is 11.1. The van der Waals surface area contributed by atoms with Gasteiger partial charge in [-0.15, -0.1) is 0 Å². The van der Waals surface area contributed by atoms with Gasteiger partial charge in [0, 0.05) is 36.6 Å². The molecule has 4 aromatic rings. The van der Waals surface area contributed by atoms with Gasteiger partial charge >= 0.3 is 0 Å². The summed E-state index contributed by atoms with van der Waals surface area (Å²) in [6.07, 6.45) is 2.85. The van der Waals surface area contributed by atoms with Gasteiger partial charge < -0.3 is 25.0 Å². The molecule has 0 bridgehead atoms. The summed E-state index contributed by atoms with van der Waals surface area (Å²) < 4.78 is 2.01. The Labute approximate surface area is 193 Å². The van der Waals surface area contributed by atoms with Crippen LogP contribution in [0.5, 0.6) is 0 Å². The minimum absolute atomic E-state index is 0.180. The quantitative estimate of drug-likeness (QED) is 0.376. The molecule has 33 heavy (non-hydrogen) atoms. The number of hydrogen-bond donors (Lipinski definition) is 3. The number of imidazole rings is 1. The fraction of sp³-hybridized carbons (Fsp3) is 0.320. The minimum atomic E-state index is -0.733. The summed E-state index contributed by atoms with van der Waals surface area (Å²) in [7, 11) is 1.99. The standard InChI is InChI=1S/C25H30N6O2/c1-16(2)31-15-27-24-22(13-23(29-25(24)31)28-21(14-32)17(3)33)30(4)19-10-8-18(9-11-19)20-7-5-6-12-26-20/h5-13,15-17,21,32-33H,14H2,1-4H3,(H,28,29)/t17-,21-/m1/s1. The predicted molar refractivity (Wildman–Crippen MR) is 132 cm³/mol. The van der Waals surface area contributed by atoms with E-state index in [0.29, 0.717) is 5.82 Å². The van der Waals surface area contributed by atoms with Gasteiger partial charge in [-0.1, -0.05) is 18.2 Å². The van der Waals surface area contributed by atoms with E-state index in [4.69, 9.17) is 4.98 Å². The highest BCUT2D eigenvalue weighted by atomic mass is 16.3. The van der Waals surface area contributed by atoms with Crippen LogP contribution in [0, 0.1) is 0 Å². The highest BCUT2D eigenvalue weighted by Crippen LogP contribution is 2.33. The Hall–Kier alpha value is -3.49.